The summed E-state index contributed by atoms with van der Waals surface area (Å²) in [6, 6.07) is 15.4. The van der Waals surface area contributed by atoms with Gasteiger partial charge in [0, 0.05) is 28.1 Å². The third-order valence-electron chi connectivity index (χ3n) is 3.62. The maximum Gasteiger partial charge on any atom is 0.213 e. The Morgan fingerprint density at radius 3 is 2.60 bits per heavy atom. The van der Waals surface area contributed by atoms with Crippen molar-refractivity contribution in [1.29, 1.82) is 0 Å². The summed E-state index contributed by atoms with van der Waals surface area (Å²) in [5.41, 5.74) is 6.47. The largest absolute Gasteiger partial charge is 0.213 e. The second-order valence-corrected chi connectivity index (χ2v) is 6.15. The van der Waals surface area contributed by atoms with Gasteiger partial charge in [0.1, 0.15) is 7.05 Å². The highest BCUT2D eigenvalue weighted by Gasteiger charge is 2.14. The van der Waals surface area contributed by atoms with Crippen LogP contribution in [0.4, 0.5) is 0 Å². The van der Waals surface area contributed by atoms with Gasteiger partial charge in [-0.1, -0.05) is 23.8 Å². The third-order valence-corrected chi connectivity index (χ3v) is 4.54. The fraction of sp³-hybridized carbons (Fsp3) is 0.167. The molecule has 2 heteroatoms. The number of hydrogen-bond donors (Lipinski definition) is 0. The predicted molar refractivity (Wildman–Crippen MR) is 85.8 cm³/mol. The van der Waals surface area contributed by atoms with Gasteiger partial charge in [0.2, 0.25) is 5.69 Å². The molecule has 0 spiro atoms. The molecular formula is C18H18NS+. The van der Waals surface area contributed by atoms with Crippen molar-refractivity contribution < 1.29 is 4.57 Å². The second-order valence-electron chi connectivity index (χ2n) is 5.21. The van der Waals surface area contributed by atoms with Crippen LogP contribution in [-0.2, 0) is 7.05 Å². The number of aromatic nitrogens is 1. The zero-order chi connectivity index (χ0) is 14.1. The van der Waals surface area contributed by atoms with Crippen molar-refractivity contribution in [2.45, 2.75) is 13.8 Å². The average Bonchev–Trinajstić information content (AvgIpc) is 2.96. The van der Waals surface area contributed by atoms with E-state index in [0.717, 1.165) is 0 Å². The molecular weight excluding hydrogens is 262 g/mol. The Balaban J connectivity index is 2.18. The summed E-state index contributed by atoms with van der Waals surface area (Å²) in [6.45, 7) is 4.32. The van der Waals surface area contributed by atoms with Crippen LogP contribution in [0.5, 0.6) is 0 Å². The molecule has 0 amide bonds. The quantitative estimate of drug-likeness (QED) is 0.607. The molecule has 3 rings (SSSR count). The third kappa shape index (κ3) is 2.39. The number of aryl methyl sites for hydroxylation is 3. The van der Waals surface area contributed by atoms with Crippen molar-refractivity contribution in [3.05, 3.63) is 65.2 Å². The summed E-state index contributed by atoms with van der Waals surface area (Å²) in [4.78, 5) is 1.32. The highest BCUT2D eigenvalue weighted by atomic mass is 32.1. The van der Waals surface area contributed by atoms with E-state index in [9.17, 15) is 0 Å². The lowest BCUT2D eigenvalue weighted by Crippen LogP contribution is -2.30. The molecule has 0 radical (unpaired) electrons. The van der Waals surface area contributed by atoms with E-state index in [-0.39, 0.29) is 0 Å². The fourth-order valence-electron chi connectivity index (χ4n) is 2.45. The van der Waals surface area contributed by atoms with Gasteiger partial charge in [0.15, 0.2) is 6.20 Å². The standard InChI is InChI=1S/C18H18NS/c1-13-6-7-14(2)16(11-13)17-12-15(8-9-19(17)3)18-5-4-10-20-18/h4-12H,1-3H3/q+1. The van der Waals surface area contributed by atoms with E-state index < -0.39 is 0 Å². The first-order valence-corrected chi connectivity index (χ1v) is 7.64. The van der Waals surface area contributed by atoms with E-state index in [1.54, 1.807) is 11.3 Å². The van der Waals surface area contributed by atoms with Gasteiger partial charge >= 0.3 is 0 Å². The van der Waals surface area contributed by atoms with Crippen LogP contribution in [0.15, 0.2) is 54.0 Å². The Labute approximate surface area is 124 Å². The van der Waals surface area contributed by atoms with E-state index in [2.05, 4.69) is 79.5 Å². The minimum absolute atomic E-state index is 1.26. The second kappa shape index (κ2) is 5.22. The molecule has 0 N–H and O–H groups in total. The van der Waals surface area contributed by atoms with Crippen LogP contribution in [0.2, 0.25) is 0 Å². The molecule has 0 saturated heterocycles. The molecule has 1 aromatic carbocycles. The topological polar surface area (TPSA) is 3.88 Å². The van der Waals surface area contributed by atoms with Gasteiger partial charge in [-0.15, -0.1) is 11.3 Å². The Bertz CT molecular complexity index is 742. The van der Waals surface area contributed by atoms with E-state index >= 15 is 0 Å². The molecule has 3 aromatic rings. The minimum atomic E-state index is 1.26. The highest BCUT2D eigenvalue weighted by Crippen LogP contribution is 2.28. The molecule has 0 atom stereocenters. The van der Waals surface area contributed by atoms with Gasteiger partial charge in [-0.2, -0.15) is 0 Å². The molecule has 0 aliphatic heterocycles. The summed E-state index contributed by atoms with van der Waals surface area (Å²) in [5, 5.41) is 2.12. The minimum Gasteiger partial charge on any atom is -0.201 e. The molecule has 1 nitrogen and oxygen atoms in total. The molecule has 2 aromatic heterocycles. The number of nitrogens with zero attached hydrogens (tertiary/aromatic N) is 1. The summed E-state index contributed by atoms with van der Waals surface area (Å²) in [7, 11) is 2.11. The number of hydrogen-bond acceptors (Lipinski definition) is 1. The zero-order valence-corrected chi connectivity index (χ0v) is 12.9. The number of pyridine rings is 1. The van der Waals surface area contributed by atoms with Crippen LogP contribution in [0.3, 0.4) is 0 Å². The summed E-state index contributed by atoms with van der Waals surface area (Å²) >= 11 is 1.78. The van der Waals surface area contributed by atoms with Gasteiger partial charge in [-0.05, 0) is 36.9 Å². The van der Waals surface area contributed by atoms with Crippen LogP contribution < -0.4 is 4.57 Å². The van der Waals surface area contributed by atoms with Gasteiger partial charge in [0.25, 0.3) is 0 Å². The van der Waals surface area contributed by atoms with Crippen molar-refractivity contribution in [3.63, 3.8) is 0 Å². The molecule has 0 fully saturated rings. The molecule has 100 valence electrons. The molecule has 0 bridgehead atoms. The van der Waals surface area contributed by atoms with Crippen LogP contribution in [-0.4, -0.2) is 0 Å². The molecule has 0 unspecified atom stereocenters. The summed E-state index contributed by atoms with van der Waals surface area (Å²) < 4.78 is 2.19. The first-order chi connectivity index (χ1) is 9.65. The van der Waals surface area contributed by atoms with Crippen LogP contribution in [0.1, 0.15) is 11.1 Å². The average molecular weight is 280 g/mol. The lowest BCUT2D eigenvalue weighted by Gasteiger charge is -2.07. The Kier molecular flexibility index (Phi) is 3.41. The molecule has 2 heterocycles. The Morgan fingerprint density at radius 1 is 1.00 bits per heavy atom. The van der Waals surface area contributed by atoms with Gasteiger partial charge in [-0.3, -0.25) is 0 Å². The van der Waals surface area contributed by atoms with Crippen LogP contribution >= 0.6 is 11.3 Å². The lowest BCUT2D eigenvalue weighted by atomic mass is 10.0. The monoisotopic (exact) mass is 280 g/mol. The molecule has 0 aliphatic rings. The van der Waals surface area contributed by atoms with Crippen molar-refractivity contribution in [2.24, 2.45) is 7.05 Å². The lowest BCUT2D eigenvalue weighted by molar-refractivity contribution is -0.660. The Morgan fingerprint density at radius 2 is 1.85 bits per heavy atom. The highest BCUT2D eigenvalue weighted by molar-refractivity contribution is 7.13. The van der Waals surface area contributed by atoms with Gasteiger partial charge < -0.3 is 0 Å². The van der Waals surface area contributed by atoms with Crippen LogP contribution in [0.25, 0.3) is 21.7 Å². The number of thiophene rings is 1. The SMILES string of the molecule is Cc1ccc(C)c(-c2cc(-c3cccs3)cc[n+]2C)c1. The summed E-state index contributed by atoms with van der Waals surface area (Å²) in [6.07, 6.45) is 2.14. The van der Waals surface area contributed by atoms with E-state index in [1.807, 2.05) is 0 Å². The van der Waals surface area contributed by atoms with Crippen molar-refractivity contribution in [3.8, 4) is 21.7 Å². The molecule has 20 heavy (non-hydrogen) atoms. The zero-order valence-electron chi connectivity index (χ0n) is 12.1. The maximum absolute atomic E-state index is 2.29. The summed E-state index contributed by atoms with van der Waals surface area (Å²) in [5.74, 6) is 0. The Hall–Kier alpha value is -1.93. The van der Waals surface area contributed by atoms with Crippen molar-refractivity contribution in [1.82, 2.24) is 0 Å². The fourth-order valence-corrected chi connectivity index (χ4v) is 3.17. The first kappa shape index (κ1) is 13.1. The predicted octanol–water partition coefficient (Wildman–Crippen LogP) is 4.52. The van der Waals surface area contributed by atoms with Gasteiger partial charge in [-0.25, -0.2) is 4.57 Å². The van der Waals surface area contributed by atoms with Crippen molar-refractivity contribution in [2.75, 3.05) is 0 Å². The van der Waals surface area contributed by atoms with Crippen molar-refractivity contribution >= 4 is 11.3 Å². The molecule has 0 saturated carbocycles. The van der Waals surface area contributed by atoms with E-state index in [1.165, 1.54) is 32.8 Å². The van der Waals surface area contributed by atoms with E-state index in [0.29, 0.717) is 0 Å². The van der Waals surface area contributed by atoms with Gasteiger partial charge in [0.05, 0.1) is 0 Å². The first-order valence-electron chi connectivity index (χ1n) is 6.76. The number of rotatable bonds is 2. The van der Waals surface area contributed by atoms with Crippen LogP contribution in [0, 0.1) is 13.8 Å². The normalized spacial score (nSPS) is 10.8. The number of benzene rings is 1. The smallest absolute Gasteiger partial charge is 0.201 e. The maximum atomic E-state index is 2.29. The molecule has 0 aliphatic carbocycles. The van der Waals surface area contributed by atoms with E-state index in [4.69, 9.17) is 0 Å².